The Hall–Kier alpha value is -0.510. The summed E-state index contributed by atoms with van der Waals surface area (Å²) in [6.07, 6.45) is -7.69. The molecule has 1 heterocycles. The van der Waals surface area contributed by atoms with Gasteiger partial charge in [-0.15, -0.1) is 0 Å². The predicted octanol–water partition coefficient (Wildman–Crippen LogP) is 3.13. The van der Waals surface area contributed by atoms with Gasteiger partial charge in [0.25, 0.3) is 6.43 Å². The maximum Gasteiger partial charge on any atom is 0.419 e. The van der Waals surface area contributed by atoms with E-state index in [0.29, 0.717) is 6.07 Å². The number of hydrogen-bond acceptors (Lipinski definition) is 2. The van der Waals surface area contributed by atoms with Crippen LogP contribution in [0.4, 0.5) is 22.0 Å². The number of alkyl halides is 5. The third-order valence-electron chi connectivity index (χ3n) is 1.72. The summed E-state index contributed by atoms with van der Waals surface area (Å²) < 4.78 is 61.6. The van der Waals surface area contributed by atoms with E-state index in [9.17, 15) is 22.0 Å². The molecule has 0 fully saturated rings. The number of rotatable bonds is 2. The molecule has 0 saturated carbocycles. The average Bonchev–Trinajstić information content (AvgIpc) is 2.14. The van der Waals surface area contributed by atoms with Gasteiger partial charge in [-0.2, -0.15) is 13.2 Å². The van der Waals surface area contributed by atoms with Crippen LogP contribution in [0.2, 0.25) is 0 Å². The van der Waals surface area contributed by atoms with Crippen molar-refractivity contribution < 1.29 is 27.1 Å². The summed E-state index contributed by atoms with van der Waals surface area (Å²) in [5.74, 6) is 0. The molecular formula is C8H5F5INO. The Morgan fingerprint density at radius 1 is 1.38 bits per heavy atom. The second-order valence-corrected chi connectivity index (χ2v) is 3.97. The molecule has 16 heavy (non-hydrogen) atoms. The van der Waals surface area contributed by atoms with Gasteiger partial charge in [0, 0.05) is 3.57 Å². The normalized spacial score (nSPS) is 12.2. The van der Waals surface area contributed by atoms with Crippen LogP contribution in [0.25, 0.3) is 0 Å². The Kier molecular flexibility index (Phi) is 4.05. The zero-order chi connectivity index (χ0) is 12.5. The lowest BCUT2D eigenvalue weighted by Crippen LogP contribution is -2.15. The topological polar surface area (TPSA) is 33.1 Å². The van der Waals surface area contributed by atoms with Crippen LogP contribution in [-0.2, 0) is 12.8 Å². The van der Waals surface area contributed by atoms with Crippen molar-refractivity contribution in [1.82, 2.24) is 4.98 Å². The fourth-order valence-corrected chi connectivity index (χ4v) is 2.05. The Labute approximate surface area is 101 Å². The Morgan fingerprint density at radius 2 is 1.94 bits per heavy atom. The Balaban J connectivity index is 3.41. The Morgan fingerprint density at radius 3 is 2.31 bits per heavy atom. The van der Waals surface area contributed by atoms with E-state index in [2.05, 4.69) is 4.98 Å². The van der Waals surface area contributed by atoms with E-state index < -0.39 is 39.7 Å². The molecule has 0 bridgehead atoms. The van der Waals surface area contributed by atoms with E-state index in [-0.39, 0.29) is 0 Å². The lowest BCUT2D eigenvalue weighted by molar-refractivity contribution is -0.139. The van der Waals surface area contributed by atoms with Gasteiger partial charge in [-0.05, 0) is 28.7 Å². The number of pyridine rings is 1. The van der Waals surface area contributed by atoms with Crippen LogP contribution in [0.15, 0.2) is 6.07 Å². The minimum atomic E-state index is -4.72. The molecule has 0 aromatic carbocycles. The van der Waals surface area contributed by atoms with Crippen LogP contribution in [0.3, 0.4) is 0 Å². The molecule has 2 nitrogen and oxygen atoms in total. The van der Waals surface area contributed by atoms with E-state index in [1.807, 2.05) is 0 Å². The van der Waals surface area contributed by atoms with Crippen molar-refractivity contribution in [3.05, 3.63) is 26.6 Å². The molecule has 0 saturated heterocycles. The number of aromatic nitrogens is 1. The highest BCUT2D eigenvalue weighted by Gasteiger charge is 2.37. The largest absolute Gasteiger partial charge is 0.419 e. The van der Waals surface area contributed by atoms with E-state index in [0.717, 1.165) is 0 Å². The number of halogens is 6. The van der Waals surface area contributed by atoms with Crippen molar-refractivity contribution in [2.45, 2.75) is 19.2 Å². The molecule has 1 N–H and O–H groups in total. The van der Waals surface area contributed by atoms with Crippen molar-refractivity contribution in [3.8, 4) is 0 Å². The molecule has 0 amide bonds. The monoisotopic (exact) mass is 353 g/mol. The van der Waals surface area contributed by atoms with Crippen LogP contribution in [0.5, 0.6) is 0 Å². The molecule has 0 radical (unpaired) electrons. The molecule has 8 heteroatoms. The minimum Gasteiger partial charge on any atom is -0.390 e. The maximum atomic E-state index is 12.5. The van der Waals surface area contributed by atoms with Gasteiger partial charge in [0.15, 0.2) is 0 Å². The molecular weight excluding hydrogens is 348 g/mol. The summed E-state index contributed by atoms with van der Waals surface area (Å²) in [5, 5.41) is 8.70. The minimum absolute atomic E-state index is 0.403. The van der Waals surface area contributed by atoms with Crippen molar-refractivity contribution in [2.75, 3.05) is 0 Å². The fraction of sp³-hybridized carbons (Fsp3) is 0.375. The SMILES string of the molecule is OCc1nc(C(F)F)cc(I)c1C(F)(F)F. The number of aliphatic hydroxyl groups excluding tert-OH is 1. The van der Waals surface area contributed by atoms with Crippen LogP contribution in [-0.4, -0.2) is 10.1 Å². The van der Waals surface area contributed by atoms with E-state index in [4.69, 9.17) is 5.11 Å². The molecule has 90 valence electrons. The lowest BCUT2D eigenvalue weighted by Gasteiger charge is -2.14. The lowest BCUT2D eigenvalue weighted by atomic mass is 10.1. The van der Waals surface area contributed by atoms with Crippen molar-refractivity contribution in [3.63, 3.8) is 0 Å². The van der Waals surface area contributed by atoms with Gasteiger partial charge < -0.3 is 5.11 Å². The van der Waals surface area contributed by atoms with Gasteiger partial charge in [0.05, 0.1) is 17.9 Å². The summed E-state index contributed by atoms with van der Waals surface area (Å²) in [4.78, 5) is 3.09. The molecule has 0 aliphatic carbocycles. The van der Waals surface area contributed by atoms with Gasteiger partial charge in [-0.25, -0.2) is 13.8 Å². The van der Waals surface area contributed by atoms with Crippen molar-refractivity contribution in [2.24, 2.45) is 0 Å². The first-order valence-corrected chi connectivity index (χ1v) is 5.00. The molecule has 1 aromatic rings. The van der Waals surface area contributed by atoms with Crippen LogP contribution < -0.4 is 0 Å². The zero-order valence-electron chi connectivity index (χ0n) is 7.52. The molecule has 1 rings (SSSR count). The first-order chi connectivity index (χ1) is 7.27. The van der Waals surface area contributed by atoms with Crippen LogP contribution in [0, 0.1) is 3.57 Å². The summed E-state index contributed by atoms with van der Waals surface area (Å²) in [6.45, 7) is -1.04. The molecule has 0 aliphatic rings. The van der Waals surface area contributed by atoms with Crippen LogP contribution >= 0.6 is 22.6 Å². The molecule has 0 unspecified atom stereocenters. The molecule has 0 spiro atoms. The van der Waals surface area contributed by atoms with E-state index in [1.54, 1.807) is 0 Å². The number of aliphatic hydroxyl groups is 1. The van der Waals surface area contributed by atoms with Gasteiger partial charge in [0.1, 0.15) is 5.69 Å². The number of nitrogens with zero attached hydrogens (tertiary/aromatic N) is 1. The van der Waals surface area contributed by atoms with Gasteiger partial charge in [-0.3, -0.25) is 0 Å². The Bertz CT molecular complexity index is 393. The third-order valence-corrected chi connectivity index (χ3v) is 2.57. The summed E-state index contributed by atoms with van der Waals surface area (Å²) in [5.41, 5.74) is -2.73. The van der Waals surface area contributed by atoms with Gasteiger partial charge in [-0.1, -0.05) is 0 Å². The number of hydrogen-bond donors (Lipinski definition) is 1. The highest BCUT2D eigenvalue weighted by atomic mass is 127. The second-order valence-electron chi connectivity index (χ2n) is 2.81. The van der Waals surface area contributed by atoms with Crippen molar-refractivity contribution >= 4 is 22.6 Å². The van der Waals surface area contributed by atoms with E-state index >= 15 is 0 Å². The zero-order valence-corrected chi connectivity index (χ0v) is 9.68. The first kappa shape index (κ1) is 13.6. The highest BCUT2D eigenvalue weighted by molar-refractivity contribution is 14.1. The van der Waals surface area contributed by atoms with Crippen LogP contribution in [0.1, 0.15) is 23.4 Å². The van der Waals surface area contributed by atoms with Crippen molar-refractivity contribution in [1.29, 1.82) is 0 Å². The first-order valence-electron chi connectivity index (χ1n) is 3.93. The van der Waals surface area contributed by atoms with Gasteiger partial charge in [0.2, 0.25) is 0 Å². The second kappa shape index (κ2) is 4.78. The molecule has 0 aliphatic heterocycles. The van der Waals surface area contributed by atoms with E-state index in [1.165, 1.54) is 22.6 Å². The predicted molar refractivity (Wildman–Crippen MR) is 52.8 cm³/mol. The standard InChI is InChI=1S/C8H5F5INO/c9-7(10)4-1-3(14)6(8(11,12)13)5(2-16)15-4/h1,7,16H,2H2. The quantitative estimate of drug-likeness (QED) is 0.655. The molecule has 0 atom stereocenters. The summed E-state index contributed by atoms with van der Waals surface area (Å²) in [7, 11) is 0. The summed E-state index contributed by atoms with van der Waals surface area (Å²) >= 11 is 1.29. The van der Waals surface area contributed by atoms with Gasteiger partial charge >= 0.3 is 6.18 Å². The molecule has 1 aromatic heterocycles. The maximum absolute atomic E-state index is 12.5. The third kappa shape index (κ3) is 2.78. The smallest absolute Gasteiger partial charge is 0.390 e. The highest BCUT2D eigenvalue weighted by Crippen LogP contribution is 2.36. The fourth-order valence-electron chi connectivity index (χ4n) is 1.11. The summed E-state index contributed by atoms with van der Waals surface area (Å²) in [6, 6.07) is 0.660. The average molecular weight is 353 g/mol.